The summed E-state index contributed by atoms with van der Waals surface area (Å²) in [5.41, 5.74) is 19.2. The molecule has 0 unspecified atom stereocenters. The highest BCUT2D eigenvalue weighted by Crippen LogP contribution is 2.07. The number of benzene rings is 7. The van der Waals surface area contributed by atoms with E-state index in [-0.39, 0.29) is 0 Å². The molecule has 294 valence electrons. The van der Waals surface area contributed by atoms with Gasteiger partial charge in [0.1, 0.15) is 0 Å². The fourth-order valence-corrected chi connectivity index (χ4v) is 4.64. The highest BCUT2D eigenvalue weighted by atomic mass is 13.9. The summed E-state index contributed by atoms with van der Waals surface area (Å²) in [5, 5.41) is 0. The first-order valence-corrected chi connectivity index (χ1v) is 19.8. The third kappa shape index (κ3) is 21.4. The first-order valence-electron chi connectivity index (χ1n) is 19.8. The topological polar surface area (TPSA) is 0 Å². The van der Waals surface area contributed by atoms with Crippen molar-refractivity contribution in [2.24, 2.45) is 0 Å². The van der Waals surface area contributed by atoms with Crippen LogP contribution in [0.3, 0.4) is 0 Å². The summed E-state index contributed by atoms with van der Waals surface area (Å²) in [6, 6.07) is 58.5. The Morgan fingerprint density at radius 3 is 0.214 bits per heavy atom. The smallest absolute Gasteiger partial charge is 0.0395 e. The third-order valence-electron chi connectivity index (χ3n) is 9.98. The molecule has 7 rings (SSSR count). The van der Waals surface area contributed by atoms with Crippen LogP contribution in [0.25, 0.3) is 0 Å². The lowest BCUT2D eigenvalue weighted by atomic mass is 10.1. The lowest BCUT2D eigenvalue weighted by molar-refractivity contribution is 1.34. The van der Waals surface area contributed by atoms with Crippen LogP contribution in [0.1, 0.15) is 77.9 Å². The van der Waals surface area contributed by atoms with Gasteiger partial charge in [0, 0.05) is 0 Å². The molecule has 7 aromatic rings. The fraction of sp³-hybridized carbons (Fsp3) is 0.250. The van der Waals surface area contributed by atoms with Gasteiger partial charge in [-0.05, 0) is 175 Å². The normalized spacial score (nSPS) is 9.25. The average molecular weight is 743 g/mol. The van der Waals surface area contributed by atoms with Gasteiger partial charge in [-0.3, -0.25) is 0 Å². The Bertz CT molecular complexity index is 1520. The van der Waals surface area contributed by atoms with E-state index < -0.39 is 0 Å². The van der Waals surface area contributed by atoms with Crippen LogP contribution in [-0.2, 0) is 0 Å². The van der Waals surface area contributed by atoms with Crippen molar-refractivity contribution in [3.8, 4) is 0 Å². The second-order valence-corrected chi connectivity index (χ2v) is 14.6. The SMILES string of the molecule is Cc1ccccc1C.Cc1ccccc1C.Cc1ccccc1C.Cc1ccccc1C.Cc1ccccc1C.Cc1ccccc1C.Cc1ccccc1C. The van der Waals surface area contributed by atoms with E-state index in [0.29, 0.717) is 0 Å². The Balaban J connectivity index is 0.000000327. The van der Waals surface area contributed by atoms with Crippen LogP contribution < -0.4 is 0 Å². The highest BCUT2D eigenvalue weighted by molar-refractivity contribution is 5.27. The summed E-state index contributed by atoms with van der Waals surface area (Å²) < 4.78 is 0. The predicted molar refractivity (Wildman–Crippen MR) is 251 cm³/mol. The molecule has 0 saturated carbocycles. The van der Waals surface area contributed by atoms with Crippen LogP contribution in [0.2, 0.25) is 0 Å². The maximum absolute atomic E-state index is 2.12. The quantitative estimate of drug-likeness (QED) is 0.145. The van der Waals surface area contributed by atoms with Gasteiger partial charge in [0.05, 0.1) is 0 Å². The van der Waals surface area contributed by atoms with Gasteiger partial charge in [-0.25, -0.2) is 0 Å². The molecule has 0 aromatic heterocycles. The molecule has 0 aliphatic rings. The minimum absolute atomic E-state index is 1.37. The van der Waals surface area contributed by atoms with Crippen LogP contribution >= 0.6 is 0 Å². The zero-order valence-electron chi connectivity index (χ0n) is 37.2. The second kappa shape index (κ2) is 28.0. The van der Waals surface area contributed by atoms with E-state index in [9.17, 15) is 0 Å². The molecule has 0 spiro atoms. The minimum atomic E-state index is 1.37. The summed E-state index contributed by atoms with van der Waals surface area (Å²) in [6.45, 7) is 29.7. The van der Waals surface area contributed by atoms with Crippen LogP contribution in [0, 0.1) is 96.9 Å². The Kier molecular flexibility index (Phi) is 24.3. The van der Waals surface area contributed by atoms with Crippen molar-refractivity contribution in [3.63, 3.8) is 0 Å². The molecule has 0 atom stereocenters. The van der Waals surface area contributed by atoms with E-state index in [1.54, 1.807) is 0 Å². The first-order chi connectivity index (χ1) is 26.6. The molecule has 0 heterocycles. The number of hydrogen-bond acceptors (Lipinski definition) is 0. The molecule has 7 aromatic carbocycles. The molecule has 0 aliphatic carbocycles. The lowest BCUT2D eigenvalue weighted by Gasteiger charge is -1.93. The van der Waals surface area contributed by atoms with E-state index >= 15 is 0 Å². The monoisotopic (exact) mass is 743 g/mol. The van der Waals surface area contributed by atoms with Gasteiger partial charge in [-0.2, -0.15) is 0 Å². The van der Waals surface area contributed by atoms with Crippen molar-refractivity contribution in [1.29, 1.82) is 0 Å². The molecule has 0 heteroatoms. The highest BCUT2D eigenvalue weighted by Gasteiger charge is 1.88. The minimum Gasteiger partial charge on any atom is -0.0620 e. The van der Waals surface area contributed by atoms with Gasteiger partial charge in [-0.15, -0.1) is 0 Å². The zero-order valence-corrected chi connectivity index (χ0v) is 37.2. The van der Waals surface area contributed by atoms with Crippen molar-refractivity contribution >= 4 is 0 Å². The van der Waals surface area contributed by atoms with Gasteiger partial charge >= 0.3 is 0 Å². The molecule has 0 fully saturated rings. The van der Waals surface area contributed by atoms with Crippen molar-refractivity contribution in [2.75, 3.05) is 0 Å². The van der Waals surface area contributed by atoms with Crippen molar-refractivity contribution < 1.29 is 0 Å². The summed E-state index contributed by atoms with van der Waals surface area (Å²) in [5.74, 6) is 0. The fourth-order valence-electron chi connectivity index (χ4n) is 4.64. The lowest BCUT2D eigenvalue weighted by Crippen LogP contribution is -1.74. The third-order valence-corrected chi connectivity index (χ3v) is 9.98. The maximum atomic E-state index is 2.12. The van der Waals surface area contributed by atoms with E-state index in [0.717, 1.165) is 0 Å². The van der Waals surface area contributed by atoms with Crippen molar-refractivity contribution in [1.82, 2.24) is 0 Å². The average Bonchev–Trinajstić information content (AvgIpc) is 3.18. The molecular weight excluding hydrogens is 673 g/mol. The van der Waals surface area contributed by atoms with Crippen LogP contribution in [0.5, 0.6) is 0 Å². The van der Waals surface area contributed by atoms with Crippen molar-refractivity contribution in [2.45, 2.75) is 96.9 Å². The summed E-state index contributed by atoms with van der Waals surface area (Å²) >= 11 is 0. The standard InChI is InChI=1S/7C8H10/c7*1-7-5-3-4-6-8(7)2/h7*3-6H,1-2H3. The zero-order chi connectivity index (χ0) is 41.9. The van der Waals surface area contributed by atoms with Gasteiger partial charge in [-0.1, -0.05) is 170 Å². The largest absolute Gasteiger partial charge is 0.0620 e. The second-order valence-electron chi connectivity index (χ2n) is 14.6. The Morgan fingerprint density at radius 1 is 0.125 bits per heavy atom. The molecule has 0 bridgehead atoms. The van der Waals surface area contributed by atoms with E-state index in [1.807, 2.05) is 0 Å². The van der Waals surface area contributed by atoms with Crippen LogP contribution in [0.15, 0.2) is 170 Å². The van der Waals surface area contributed by atoms with Crippen LogP contribution in [-0.4, -0.2) is 0 Å². The summed E-state index contributed by atoms with van der Waals surface area (Å²) in [7, 11) is 0. The molecule has 0 saturated heterocycles. The molecule has 0 amide bonds. The number of rotatable bonds is 0. The summed E-state index contributed by atoms with van der Waals surface area (Å²) in [4.78, 5) is 0. The maximum Gasteiger partial charge on any atom is -0.0395 e. The van der Waals surface area contributed by atoms with E-state index in [2.05, 4.69) is 267 Å². The molecule has 0 aliphatic heterocycles. The van der Waals surface area contributed by atoms with Crippen LogP contribution in [0.4, 0.5) is 0 Å². The van der Waals surface area contributed by atoms with Gasteiger partial charge < -0.3 is 0 Å². The molecular formula is C56H70. The Labute approximate surface area is 343 Å². The molecule has 0 nitrogen and oxygen atoms in total. The molecule has 56 heavy (non-hydrogen) atoms. The Morgan fingerprint density at radius 2 is 0.179 bits per heavy atom. The number of aryl methyl sites for hydroxylation is 14. The van der Waals surface area contributed by atoms with E-state index in [1.165, 1.54) is 77.9 Å². The first kappa shape index (κ1) is 48.6. The van der Waals surface area contributed by atoms with Gasteiger partial charge in [0.25, 0.3) is 0 Å². The molecule has 0 radical (unpaired) electrons. The predicted octanol–water partition coefficient (Wildman–Crippen LogP) is 16.1. The Hall–Kier alpha value is -5.46. The van der Waals surface area contributed by atoms with E-state index in [4.69, 9.17) is 0 Å². The van der Waals surface area contributed by atoms with Gasteiger partial charge in [0.15, 0.2) is 0 Å². The molecule has 0 N–H and O–H groups in total. The van der Waals surface area contributed by atoms with Gasteiger partial charge in [0.2, 0.25) is 0 Å². The van der Waals surface area contributed by atoms with Crippen molar-refractivity contribution in [3.05, 3.63) is 248 Å². The number of hydrogen-bond donors (Lipinski definition) is 0. The summed E-state index contributed by atoms with van der Waals surface area (Å²) in [6.07, 6.45) is 0.